The predicted octanol–water partition coefficient (Wildman–Crippen LogP) is 14.3. The van der Waals surface area contributed by atoms with Crippen LogP contribution in [0, 0.1) is 0 Å². The van der Waals surface area contributed by atoms with E-state index in [9.17, 15) is 0 Å². The molecule has 0 saturated heterocycles. The molecule has 12 aromatic rings. The van der Waals surface area contributed by atoms with Crippen molar-refractivity contribution in [2.75, 3.05) is 0 Å². The molecule has 57 heavy (non-hydrogen) atoms. The van der Waals surface area contributed by atoms with Crippen LogP contribution in [-0.2, 0) is 0 Å². The van der Waals surface area contributed by atoms with Crippen LogP contribution in [0.4, 0.5) is 0 Å². The number of benzene rings is 9. The molecule has 0 bridgehead atoms. The highest BCUT2D eigenvalue weighted by Crippen LogP contribution is 2.43. The fourth-order valence-electron chi connectivity index (χ4n) is 9.40. The Bertz CT molecular complexity index is 3490. The van der Waals surface area contributed by atoms with Gasteiger partial charge in [0.15, 0.2) is 0 Å². The second-order valence-corrected chi connectivity index (χ2v) is 14.9. The lowest BCUT2D eigenvalue weighted by molar-refractivity contribution is 1.15. The van der Waals surface area contributed by atoms with E-state index in [1.54, 1.807) is 0 Å². The molecule has 9 aromatic carbocycles. The van der Waals surface area contributed by atoms with Crippen molar-refractivity contribution in [2.45, 2.75) is 0 Å². The summed E-state index contributed by atoms with van der Waals surface area (Å²) in [6, 6.07) is 77.3. The van der Waals surface area contributed by atoms with Gasteiger partial charge in [-0.25, -0.2) is 0 Å². The molecule has 0 saturated carbocycles. The van der Waals surface area contributed by atoms with Crippen LogP contribution in [0.25, 0.3) is 105 Å². The molecule has 3 heteroatoms. The molecular formula is C54H35N3. The van der Waals surface area contributed by atoms with Crippen LogP contribution >= 0.6 is 0 Å². The highest BCUT2D eigenvalue weighted by molar-refractivity contribution is 6.24. The van der Waals surface area contributed by atoms with E-state index in [-0.39, 0.29) is 0 Å². The first-order chi connectivity index (χ1) is 28.3. The first-order valence-electron chi connectivity index (χ1n) is 19.6. The van der Waals surface area contributed by atoms with Gasteiger partial charge in [0, 0.05) is 49.4 Å². The molecule has 0 atom stereocenters. The van der Waals surface area contributed by atoms with Crippen molar-refractivity contribution in [1.29, 1.82) is 0 Å². The molecule has 0 radical (unpaired) electrons. The number of hydrogen-bond acceptors (Lipinski definition) is 0. The largest absolute Gasteiger partial charge is 0.309 e. The van der Waals surface area contributed by atoms with Crippen LogP contribution in [0.1, 0.15) is 0 Å². The van der Waals surface area contributed by atoms with Crippen molar-refractivity contribution in [3.8, 4) is 39.3 Å². The van der Waals surface area contributed by atoms with Gasteiger partial charge in [-0.05, 0) is 82.9 Å². The normalized spacial score (nSPS) is 11.9. The minimum atomic E-state index is 1.13. The van der Waals surface area contributed by atoms with Crippen molar-refractivity contribution in [3.05, 3.63) is 212 Å². The molecule has 0 aliphatic carbocycles. The molecular weight excluding hydrogens is 691 g/mol. The fraction of sp³-hybridized carbons (Fsp3) is 0. The molecule has 0 N–H and O–H groups in total. The van der Waals surface area contributed by atoms with Gasteiger partial charge in [0.1, 0.15) is 0 Å². The summed E-state index contributed by atoms with van der Waals surface area (Å²) in [5.74, 6) is 0. The molecule has 12 rings (SSSR count). The van der Waals surface area contributed by atoms with Crippen LogP contribution < -0.4 is 0 Å². The van der Waals surface area contributed by atoms with Gasteiger partial charge in [0.25, 0.3) is 0 Å². The first kappa shape index (κ1) is 31.7. The smallest absolute Gasteiger partial charge is 0.0788 e. The van der Waals surface area contributed by atoms with Gasteiger partial charge in [-0.2, -0.15) is 0 Å². The van der Waals surface area contributed by atoms with Gasteiger partial charge >= 0.3 is 0 Å². The van der Waals surface area contributed by atoms with Crippen LogP contribution in [-0.4, -0.2) is 13.7 Å². The Kier molecular flexibility index (Phi) is 6.93. The molecule has 3 heterocycles. The van der Waals surface area contributed by atoms with E-state index in [1.165, 1.54) is 87.7 Å². The molecule has 0 aliphatic rings. The topological polar surface area (TPSA) is 14.8 Å². The maximum Gasteiger partial charge on any atom is 0.0788 e. The van der Waals surface area contributed by atoms with Crippen LogP contribution in [0.15, 0.2) is 212 Å². The van der Waals surface area contributed by atoms with E-state index in [1.807, 2.05) is 0 Å². The third-order valence-corrected chi connectivity index (χ3v) is 11.8. The number of para-hydroxylation sites is 4. The summed E-state index contributed by atoms with van der Waals surface area (Å²) in [7, 11) is 0. The molecule has 0 spiro atoms. The highest BCUT2D eigenvalue weighted by Gasteiger charge is 2.22. The number of hydrogen-bond donors (Lipinski definition) is 0. The highest BCUT2D eigenvalue weighted by atomic mass is 15.0. The van der Waals surface area contributed by atoms with Gasteiger partial charge < -0.3 is 13.7 Å². The number of aromatic nitrogens is 3. The second kappa shape index (κ2) is 12.5. The van der Waals surface area contributed by atoms with Gasteiger partial charge in [-0.3, -0.25) is 0 Å². The molecule has 3 nitrogen and oxygen atoms in total. The standard InChI is InChI=1S/C54H35N3/c1-3-15-36(16-4-1)38-17-13-20-41(35-38)57-49-26-11-8-22-44(49)46-34-33-45-43-21-7-10-25-48(43)56(53(45)54(46)57)40-31-29-37(30-32-40)42-24-14-28-51-52(42)47-23-9-12-27-50(47)55(51)39-18-5-2-6-19-39/h1-35H. The minimum Gasteiger partial charge on any atom is -0.309 e. The van der Waals surface area contributed by atoms with Crippen molar-refractivity contribution in [1.82, 2.24) is 13.7 Å². The molecule has 0 aliphatic heterocycles. The van der Waals surface area contributed by atoms with Crippen molar-refractivity contribution >= 4 is 65.4 Å². The Balaban J connectivity index is 1.10. The van der Waals surface area contributed by atoms with E-state index in [0.717, 1.165) is 17.1 Å². The number of rotatable bonds is 5. The van der Waals surface area contributed by atoms with Crippen molar-refractivity contribution in [3.63, 3.8) is 0 Å². The summed E-state index contributed by atoms with van der Waals surface area (Å²) in [6.45, 7) is 0. The Morgan fingerprint density at radius 2 is 0.719 bits per heavy atom. The zero-order valence-corrected chi connectivity index (χ0v) is 31.0. The van der Waals surface area contributed by atoms with Gasteiger partial charge in [0.05, 0.1) is 33.1 Å². The van der Waals surface area contributed by atoms with Crippen molar-refractivity contribution < 1.29 is 0 Å². The molecule has 0 unspecified atom stereocenters. The van der Waals surface area contributed by atoms with E-state index in [0.29, 0.717) is 0 Å². The predicted molar refractivity (Wildman–Crippen MR) is 240 cm³/mol. The molecule has 0 amide bonds. The van der Waals surface area contributed by atoms with Crippen LogP contribution in [0.2, 0.25) is 0 Å². The number of nitrogens with zero attached hydrogens (tertiary/aromatic N) is 3. The summed E-state index contributed by atoms with van der Waals surface area (Å²) in [4.78, 5) is 0. The Labute approximate surface area is 329 Å². The number of fused-ring (bicyclic) bond motifs is 10. The Hall–Kier alpha value is -7.62. The van der Waals surface area contributed by atoms with Crippen LogP contribution in [0.3, 0.4) is 0 Å². The zero-order chi connectivity index (χ0) is 37.5. The van der Waals surface area contributed by atoms with Gasteiger partial charge in [-0.1, -0.05) is 152 Å². The summed E-state index contributed by atoms with van der Waals surface area (Å²) in [6.07, 6.45) is 0. The van der Waals surface area contributed by atoms with E-state index < -0.39 is 0 Å². The molecule has 266 valence electrons. The van der Waals surface area contributed by atoms with Crippen LogP contribution in [0.5, 0.6) is 0 Å². The lowest BCUT2D eigenvalue weighted by Crippen LogP contribution is -1.99. The maximum atomic E-state index is 2.48. The molecule has 0 fully saturated rings. The average molecular weight is 726 g/mol. The summed E-state index contributed by atoms with van der Waals surface area (Å²) in [5.41, 5.74) is 15.5. The Morgan fingerprint density at radius 1 is 0.246 bits per heavy atom. The first-order valence-corrected chi connectivity index (χ1v) is 19.6. The van der Waals surface area contributed by atoms with Crippen molar-refractivity contribution in [2.24, 2.45) is 0 Å². The average Bonchev–Trinajstić information content (AvgIpc) is 3.93. The van der Waals surface area contributed by atoms with E-state index >= 15 is 0 Å². The quantitative estimate of drug-likeness (QED) is 0.168. The zero-order valence-electron chi connectivity index (χ0n) is 31.0. The second-order valence-electron chi connectivity index (χ2n) is 14.9. The van der Waals surface area contributed by atoms with E-state index in [2.05, 4.69) is 226 Å². The fourth-order valence-corrected chi connectivity index (χ4v) is 9.40. The van der Waals surface area contributed by atoms with Gasteiger partial charge in [-0.15, -0.1) is 0 Å². The summed E-state index contributed by atoms with van der Waals surface area (Å²) >= 11 is 0. The SMILES string of the molecule is c1ccc(-c2cccc(-n3c4ccccc4c4ccc5c6ccccc6n(-c6ccc(-c7cccc8c7c7ccccc7n8-c7ccccc7)cc6)c5c43)c2)cc1. The monoisotopic (exact) mass is 725 g/mol. The lowest BCUT2D eigenvalue weighted by Gasteiger charge is -2.14. The molecule has 3 aromatic heterocycles. The third kappa shape index (κ3) is 4.73. The maximum absolute atomic E-state index is 2.48. The van der Waals surface area contributed by atoms with E-state index in [4.69, 9.17) is 0 Å². The Morgan fingerprint density at radius 3 is 1.39 bits per heavy atom. The minimum absolute atomic E-state index is 1.13. The summed E-state index contributed by atoms with van der Waals surface area (Å²) < 4.78 is 7.35. The van der Waals surface area contributed by atoms with Gasteiger partial charge in [0.2, 0.25) is 0 Å². The third-order valence-electron chi connectivity index (χ3n) is 11.8. The lowest BCUT2D eigenvalue weighted by atomic mass is 9.99. The summed E-state index contributed by atoms with van der Waals surface area (Å²) in [5, 5.41) is 7.49.